The van der Waals surface area contributed by atoms with Gasteiger partial charge in [0.15, 0.2) is 0 Å². The number of aromatic nitrogens is 2. The molecule has 0 radical (unpaired) electrons. The average Bonchev–Trinajstić information content (AvgIpc) is 2.82. The molecule has 0 amide bonds. The van der Waals surface area contributed by atoms with Crippen LogP contribution in [-0.4, -0.2) is 46.3 Å². The summed E-state index contributed by atoms with van der Waals surface area (Å²) in [5.74, 6) is 1.49. The third kappa shape index (κ3) is 5.59. The van der Waals surface area contributed by atoms with Crippen LogP contribution >= 0.6 is 0 Å². The van der Waals surface area contributed by atoms with E-state index in [0.29, 0.717) is 31.4 Å². The molecule has 0 spiro atoms. The molecule has 2 N–H and O–H groups in total. The van der Waals surface area contributed by atoms with Crippen molar-refractivity contribution in [3.63, 3.8) is 0 Å². The Kier molecular flexibility index (Phi) is 7.26. The fourth-order valence-electron chi connectivity index (χ4n) is 3.72. The summed E-state index contributed by atoms with van der Waals surface area (Å²) >= 11 is 0. The van der Waals surface area contributed by atoms with E-state index in [4.69, 9.17) is 9.47 Å². The first-order valence-electron chi connectivity index (χ1n) is 10.7. The van der Waals surface area contributed by atoms with E-state index in [1.807, 2.05) is 43.3 Å². The van der Waals surface area contributed by atoms with E-state index in [1.54, 1.807) is 6.07 Å². The molecule has 1 aliphatic rings. The van der Waals surface area contributed by atoms with E-state index in [0.717, 1.165) is 41.9 Å². The monoisotopic (exact) mass is 438 g/mol. The number of ether oxygens (including phenoxy) is 2. The zero-order valence-electron chi connectivity index (χ0n) is 18.0. The van der Waals surface area contributed by atoms with Gasteiger partial charge in [-0.05, 0) is 48.9 Å². The molecule has 0 bridgehead atoms. The van der Waals surface area contributed by atoms with Crippen molar-refractivity contribution in [2.45, 2.75) is 26.2 Å². The minimum Gasteiger partial charge on any atom is -0.494 e. The molecular formula is C24H27FN4O3. The van der Waals surface area contributed by atoms with Crippen LogP contribution in [0.15, 0.2) is 54.7 Å². The predicted octanol–water partition coefficient (Wildman–Crippen LogP) is 3.82. The summed E-state index contributed by atoms with van der Waals surface area (Å²) in [5, 5.41) is 12.8. The normalized spacial score (nSPS) is 16.7. The first-order chi connectivity index (χ1) is 15.6. The van der Waals surface area contributed by atoms with Crippen LogP contribution in [0.2, 0.25) is 0 Å². The van der Waals surface area contributed by atoms with Gasteiger partial charge >= 0.3 is 0 Å². The van der Waals surface area contributed by atoms with E-state index >= 15 is 0 Å². The first kappa shape index (κ1) is 22.1. The van der Waals surface area contributed by atoms with Gasteiger partial charge in [0.25, 0.3) is 0 Å². The molecule has 1 aromatic carbocycles. The number of nitrogens with zero attached hydrogens (tertiary/aromatic N) is 3. The van der Waals surface area contributed by atoms with Gasteiger partial charge in [-0.3, -0.25) is 4.90 Å². The molecular weight excluding hydrogens is 411 g/mol. The Morgan fingerprint density at radius 1 is 1.22 bits per heavy atom. The minimum atomic E-state index is -0.383. The second-order valence-corrected chi connectivity index (χ2v) is 7.56. The van der Waals surface area contributed by atoms with Crippen LogP contribution in [-0.2, 0) is 17.9 Å². The zero-order chi connectivity index (χ0) is 22.3. The Morgan fingerprint density at radius 3 is 2.91 bits per heavy atom. The van der Waals surface area contributed by atoms with Crippen molar-refractivity contribution in [1.29, 1.82) is 0 Å². The van der Waals surface area contributed by atoms with E-state index < -0.39 is 0 Å². The number of aliphatic hydroxyl groups excluding tert-OH is 1. The van der Waals surface area contributed by atoms with Crippen LogP contribution in [0.5, 0.6) is 5.75 Å². The molecule has 32 heavy (non-hydrogen) atoms. The Balaban J connectivity index is 1.42. The lowest BCUT2D eigenvalue weighted by molar-refractivity contribution is -0.0349. The maximum Gasteiger partial charge on any atom is 0.141 e. The van der Waals surface area contributed by atoms with Crippen LogP contribution in [0.4, 0.5) is 16.0 Å². The van der Waals surface area contributed by atoms with Gasteiger partial charge in [-0.15, -0.1) is 0 Å². The van der Waals surface area contributed by atoms with Crippen molar-refractivity contribution in [3.05, 3.63) is 77.4 Å². The molecule has 168 valence electrons. The molecule has 0 saturated carbocycles. The Bertz CT molecular complexity index is 1030. The fraction of sp³-hybridized carbons (Fsp3) is 0.333. The van der Waals surface area contributed by atoms with Gasteiger partial charge < -0.3 is 19.9 Å². The minimum absolute atomic E-state index is 0.0540. The average molecular weight is 439 g/mol. The second-order valence-electron chi connectivity index (χ2n) is 7.56. The molecule has 0 aliphatic carbocycles. The number of anilines is 2. The van der Waals surface area contributed by atoms with Crippen LogP contribution in [0.3, 0.4) is 0 Å². The van der Waals surface area contributed by atoms with Crippen molar-refractivity contribution >= 4 is 11.6 Å². The van der Waals surface area contributed by atoms with E-state index in [2.05, 4.69) is 20.2 Å². The molecule has 3 heterocycles. The Hall–Kier alpha value is -3.07. The number of benzene rings is 1. The highest BCUT2D eigenvalue weighted by Gasteiger charge is 2.23. The molecule has 0 unspecified atom stereocenters. The van der Waals surface area contributed by atoms with Gasteiger partial charge in [0, 0.05) is 25.2 Å². The number of halogens is 1. The van der Waals surface area contributed by atoms with Crippen molar-refractivity contribution < 1.29 is 19.0 Å². The number of nitrogens with one attached hydrogen (secondary N) is 1. The number of hydrogen-bond donors (Lipinski definition) is 2. The summed E-state index contributed by atoms with van der Waals surface area (Å²) in [6.45, 7) is 5.31. The molecule has 1 saturated heterocycles. The van der Waals surface area contributed by atoms with Crippen LogP contribution in [0.25, 0.3) is 0 Å². The van der Waals surface area contributed by atoms with Gasteiger partial charge in [0.05, 0.1) is 31.7 Å². The molecule has 7 nitrogen and oxygen atoms in total. The van der Waals surface area contributed by atoms with Crippen molar-refractivity contribution in [2.75, 3.05) is 31.6 Å². The Morgan fingerprint density at radius 2 is 2.12 bits per heavy atom. The van der Waals surface area contributed by atoms with Gasteiger partial charge in [-0.1, -0.05) is 12.1 Å². The Labute approximate surface area is 186 Å². The summed E-state index contributed by atoms with van der Waals surface area (Å²) < 4.78 is 24.6. The molecule has 8 heteroatoms. The van der Waals surface area contributed by atoms with Crippen LogP contribution in [0, 0.1) is 5.82 Å². The quantitative estimate of drug-likeness (QED) is 0.553. The van der Waals surface area contributed by atoms with Crippen molar-refractivity contribution in [2.24, 2.45) is 0 Å². The lowest BCUT2D eigenvalue weighted by Gasteiger charge is -2.33. The van der Waals surface area contributed by atoms with E-state index in [9.17, 15) is 9.50 Å². The predicted molar refractivity (Wildman–Crippen MR) is 119 cm³/mol. The molecule has 1 aliphatic heterocycles. The summed E-state index contributed by atoms with van der Waals surface area (Å²) in [4.78, 5) is 11.0. The fourth-order valence-corrected chi connectivity index (χ4v) is 3.72. The molecule has 1 fully saturated rings. The number of hydrogen-bond acceptors (Lipinski definition) is 7. The van der Waals surface area contributed by atoms with Crippen LogP contribution in [0.1, 0.15) is 29.8 Å². The number of pyridine rings is 2. The van der Waals surface area contributed by atoms with Crippen LogP contribution < -0.4 is 10.1 Å². The van der Waals surface area contributed by atoms with Gasteiger partial charge in [-0.2, -0.15) is 0 Å². The van der Waals surface area contributed by atoms with Gasteiger partial charge in [0.1, 0.15) is 29.3 Å². The van der Waals surface area contributed by atoms with Gasteiger partial charge in [-0.25, -0.2) is 14.4 Å². The summed E-state index contributed by atoms with van der Waals surface area (Å²) in [6.07, 6.45) is 1.00. The standard InChI is InChI=1S/C24H27FN4O3/c1-2-31-21-8-6-17(12-18(21)16-30)14-29-10-11-32-22(15-29)20-4-3-5-24(27-20)28-23-9-7-19(25)13-26-23/h3-9,12-13,22,30H,2,10-11,14-16H2,1H3,(H,26,27,28)/t22-/m0/s1. The van der Waals surface area contributed by atoms with E-state index in [1.165, 1.54) is 6.07 Å². The molecule has 2 aromatic heterocycles. The number of morpholine rings is 1. The van der Waals surface area contributed by atoms with Crippen molar-refractivity contribution in [3.8, 4) is 5.75 Å². The number of aliphatic hydroxyl groups is 1. The lowest BCUT2D eigenvalue weighted by atomic mass is 10.1. The highest BCUT2D eigenvalue weighted by Crippen LogP contribution is 2.26. The molecule has 1 atom stereocenters. The third-order valence-corrected chi connectivity index (χ3v) is 5.24. The topological polar surface area (TPSA) is 79.7 Å². The second kappa shape index (κ2) is 10.5. The molecule has 3 aromatic rings. The number of rotatable bonds is 8. The lowest BCUT2D eigenvalue weighted by Crippen LogP contribution is -2.38. The maximum absolute atomic E-state index is 13.1. The summed E-state index contributed by atoms with van der Waals surface area (Å²) in [6, 6.07) is 14.6. The largest absolute Gasteiger partial charge is 0.494 e. The van der Waals surface area contributed by atoms with Crippen molar-refractivity contribution in [1.82, 2.24) is 14.9 Å². The highest BCUT2D eigenvalue weighted by molar-refractivity contribution is 5.51. The summed E-state index contributed by atoms with van der Waals surface area (Å²) in [7, 11) is 0. The first-order valence-corrected chi connectivity index (χ1v) is 10.7. The SMILES string of the molecule is CCOc1ccc(CN2CCO[C@H](c3cccc(Nc4ccc(F)cn4)n3)C2)cc1CO. The third-order valence-electron chi connectivity index (χ3n) is 5.24. The van der Waals surface area contributed by atoms with Gasteiger partial charge in [0.2, 0.25) is 0 Å². The zero-order valence-corrected chi connectivity index (χ0v) is 18.0. The smallest absolute Gasteiger partial charge is 0.141 e. The molecule has 4 rings (SSSR count). The summed E-state index contributed by atoms with van der Waals surface area (Å²) in [5.41, 5.74) is 2.73. The highest BCUT2D eigenvalue weighted by atomic mass is 19.1. The maximum atomic E-state index is 13.1. The van der Waals surface area contributed by atoms with E-state index in [-0.39, 0.29) is 18.5 Å².